The van der Waals surface area contributed by atoms with E-state index in [1.807, 2.05) is 35.4 Å². The van der Waals surface area contributed by atoms with Crippen molar-refractivity contribution in [3.8, 4) is 22.6 Å². The highest BCUT2D eigenvalue weighted by Gasteiger charge is 2.39. The number of carboxylic acids is 1. The maximum absolute atomic E-state index is 14.5. The minimum absolute atomic E-state index is 0.0589. The second-order valence-electron chi connectivity index (χ2n) is 12.7. The summed E-state index contributed by atoms with van der Waals surface area (Å²) in [6, 6.07) is 17.4. The fourth-order valence-electron chi connectivity index (χ4n) is 7.88. The summed E-state index contributed by atoms with van der Waals surface area (Å²) in [5, 5.41) is 12.1. The summed E-state index contributed by atoms with van der Waals surface area (Å²) in [6.07, 6.45) is 8.07. The Balaban J connectivity index is 1.38. The highest BCUT2D eigenvalue weighted by molar-refractivity contribution is 6.02. The van der Waals surface area contributed by atoms with Crippen LogP contribution in [0, 0.1) is 6.92 Å². The zero-order valence-corrected chi connectivity index (χ0v) is 25.5. The fourth-order valence-corrected chi connectivity index (χ4v) is 7.88. The summed E-state index contributed by atoms with van der Waals surface area (Å²) < 4.78 is 7.78. The van der Waals surface area contributed by atoms with Gasteiger partial charge in [-0.1, -0.05) is 37.5 Å². The molecule has 1 aliphatic carbocycles. The average Bonchev–Trinajstić information content (AvgIpc) is 3.43. The molecular weight excluding hydrogens is 564 g/mol. The standard InChI is InChI=1S/C37H36N4O4/c1-22-13-14-38-31(19-22)30-12-9-25-28-21-33(36(42)40-15-17-45-18-16-40)41-32-20-24(37(43)44)7-8-27(32)34(23-5-3-2-4-6-23)35(41)26(28)10-11-29(25)39-30/h7-14,19-20,23,33H,2-6,15-18,21H2,1H3,(H,43,44). The smallest absolute Gasteiger partial charge is 0.335 e. The molecule has 8 nitrogen and oxygen atoms in total. The van der Waals surface area contributed by atoms with E-state index in [1.54, 1.807) is 12.1 Å². The van der Waals surface area contributed by atoms with Gasteiger partial charge in [0.1, 0.15) is 6.04 Å². The van der Waals surface area contributed by atoms with Crippen LogP contribution in [0.4, 0.5) is 0 Å². The number of hydrogen-bond donors (Lipinski definition) is 1. The molecule has 0 spiro atoms. The number of carbonyl (C=O) groups excluding carboxylic acids is 1. The summed E-state index contributed by atoms with van der Waals surface area (Å²) >= 11 is 0. The van der Waals surface area contributed by atoms with E-state index in [9.17, 15) is 14.7 Å². The number of carbonyl (C=O) groups is 2. The second kappa shape index (κ2) is 11.1. The van der Waals surface area contributed by atoms with Crippen molar-refractivity contribution in [3.05, 3.63) is 83.0 Å². The molecule has 2 aliphatic heterocycles. The van der Waals surface area contributed by atoms with Gasteiger partial charge in [0.05, 0.1) is 46.9 Å². The molecule has 1 N–H and O–H groups in total. The van der Waals surface area contributed by atoms with E-state index < -0.39 is 12.0 Å². The molecule has 45 heavy (non-hydrogen) atoms. The lowest BCUT2D eigenvalue weighted by atomic mass is 9.80. The summed E-state index contributed by atoms with van der Waals surface area (Å²) in [5.41, 5.74) is 9.31. The number of ether oxygens (including phenoxy) is 1. The summed E-state index contributed by atoms with van der Waals surface area (Å²) in [6.45, 7) is 4.20. The Morgan fingerprint density at radius 2 is 1.71 bits per heavy atom. The molecule has 1 atom stereocenters. The normalized spacial score (nSPS) is 18.6. The molecule has 5 aromatic rings. The van der Waals surface area contributed by atoms with Gasteiger partial charge >= 0.3 is 5.97 Å². The van der Waals surface area contributed by atoms with Gasteiger partial charge in [-0.15, -0.1) is 0 Å². The molecular formula is C37H36N4O4. The molecule has 3 aliphatic rings. The van der Waals surface area contributed by atoms with Gasteiger partial charge < -0.3 is 19.3 Å². The molecule has 1 unspecified atom stereocenters. The van der Waals surface area contributed by atoms with Gasteiger partial charge in [0, 0.05) is 42.0 Å². The quantitative estimate of drug-likeness (QED) is 0.240. The van der Waals surface area contributed by atoms with Gasteiger partial charge in [0.15, 0.2) is 0 Å². The van der Waals surface area contributed by atoms with E-state index in [1.165, 1.54) is 24.8 Å². The molecule has 0 bridgehead atoms. The van der Waals surface area contributed by atoms with Crippen molar-refractivity contribution in [1.29, 1.82) is 0 Å². The Labute approximate surface area is 261 Å². The van der Waals surface area contributed by atoms with Crippen molar-refractivity contribution in [2.24, 2.45) is 0 Å². The third kappa shape index (κ3) is 4.70. The zero-order chi connectivity index (χ0) is 30.7. The predicted molar refractivity (Wildman–Crippen MR) is 174 cm³/mol. The average molecular weight is 601 g/mol. The lowest BCUT2D eigenvalue weighted by Crippen LogP contribution is -2.45. The molecule has 1 saturated heterocycles. The lowest BCUT2D eigenvalue weighted by molar-refractivity contribution is -0.138. The molecule has 228 valence electrons. The highest BCUT2D eigenvalue weighted by atomic mass is 16.5. The molecule has 5 heterocycles. The SMILES string of the molecule is Cc1ccnc(-c2ccc3c4c(ccc3n2)-c2c(C3CCCCC3)c3ccc(C(=O)O)cc3n2C(C(=O)N2CCOCC2)C4)c1. The van der Waals surface area contributed by atoms with Gasteiger partial charge in [0.25, 0.3) is 0 Å². The molecule has 0 radical (unpaired) electrons. The van der Waals surface area contributed by atoms with Crippen LogP contribution in [0.5, 0.6) is 0 Å². The third-order valence-electron chi connectivity index (χ3n) is 10.0. The van der Waals surface area contributed by atoms with Crippen molar-refractivity contribution in [2.75, 3.05) is 26.3 Å². The second-order valence-corrected chi connectivity index (χ2v) is 12.7. The van der Waals surface area contributed by atoms with Gasteiger partial charge in [-0.2, -0.15) is 0 Å². The highest BCUT2D eigenvalue weighted by Crippen LogP contribution is 2.50. The Kier molecular flexibility index (Phi) is 6.90. The van der Waals surface area contributed by atoms with Crippen LogP contribution >= 0.6 is 0 Å². The van der Waals surface area contributed by atoms with E-state index in [-0.39, 0.29) is 11.5 Å². The number of benzene rings is 2. The summed E-state index contributed by atoms with van der Waals surface area (Å²) in [5.74, 6) is -0.555. The van der Waals surface area contributed by atoms with Crippen LogP contribution in [-0.4, -0.2) is 62.7 Å². The molecule has 8 rings (SSSR count). The minimum atomic E-state index is -0.963. The van der Waals surface area contributed by atoms with Crippen LogP contribution < -0.4 is 0 Å². The number of carboxylic acid groups (broad SMARTS) is 1. The minimum Gasteiger partial charge on any atom is -0.478 e. The maximum atomic E-state index is 14.5. The predicted octanol–water partition coefficient (Wildman–Crippen LogP) is 6.93. The zero-order valence-electron chi connectivity index (χ0n) is 25.5. The fraction of sp³-hybridized carbons (Fsp3) is 0.351. The summed E-state index contributed by atoms with van der Waals surface area (Å²) in [4.78, 5) is 38.2. The first-order valence-corrected chi connectivity index (χ1v) is 16.1. The van der Waals surface area contributed by atoms with E-state index in [4.69, 9.17) is 9.72 Å². The van der Waals surface area contributed by atoms with E-state index >= 15 is 0 Å². The Morgan fingerprint density at radius 1 is 0.911 bits per heavy atom. The number of morpholine rings is 1. The number of fused-ring (bicyclic) bond motifs is 7. The first kappa shape index (κ1) is 28.0. The van der Waals surface area contributed by atoms with Crippen LogP contribution in [-0.2, 0) is 16.0 Å². The van der Waals surface area contributed by atoms with Crippen LogP contribution in [0.3, 0.4) is 0 Å². The molecule has 1 amide bonds. The first-order valence-electron chi connectivity index (χ1n) is 16.1. The van der Waals surface area contributed by atoms with Crippen molar-refractivity contribution in [2.45, 2.75) is 57.4 Å². The largest absolute Gasteiger partial charge is 0.478 e. The van der Waals surface area contributed by atoms with Crippen molar-refractivity contribution >= 4 is 33.7 Å². The number of aromatic carboxylic acids is 1. The number of pyridine rings is 2. The van der Waals surface area contributed by atoms with E-state index in [0.717, 1.165) is 68.4 Å². The number of amides is 1. The van der Waals surface area contributed by atoms with Gasteiger partial charge in [-0.05, 0) is 78.8 Å². The number of nitrogens with zero attached hydrogens (tertiary/aromatic N) is 4. The van der Waals surface area contributed by atoms with Crippen LogP contribution in [0.1, 0.15) is 71.1 Å². The Morgan fingerprint density at radius 3 is 2.49 bits per heavy atom. The van der Waals surface area contributed by atoms with Gasteiger partial charge in [-0.3, -0.25) is 9.78 Å². The Hall–Kier alpha value is -4.56. The summed E-state index contributed by atoms with van der Waals surface area (Å²) in [7, 11) is 0. The third-order valence-corrected chi connectivity index (χ3v) is 10.0. The molecule has 1 saturated carbocycles. The molecule has 2 fully saturated rings. The monoisotopic (exact) mass is 600 g/mol. The van der Waals surface area contributed by atoms with Crippen LogP contribution in [0.25, 0.3) is 44.5 Å². The molecule has 2 aromatic carbocycles. The van der Waals surface area contributed by atoms with Crippen LogP contribution in [0.2, 0.25) is 0 Å². The molecule has 3 aromatic heterocycles. The first-order chi connectivity index (χ1) is 22.0. The van der Waals surface area contributed by atoms with Gasteiger partial charge in [0.2, 0.25) is 5.91 Å². The number of aryl methyl sites for hydroxylation is 1. The van der Waals surface area contributed by atoms with Crippen molar-refractivity contribution < 1.29 is 19.4 Å². The Bertz CT molecular complexity index is 1980. The maximum Gasteiger partial charge on any atom is 0.335 e. The van der Waals surface area contributed by atoms with Crippen molar-refractivity contribution in [1.82, 2.24) is 19.4 Å². The van der Waals surface area contributed by atoms with Crippen LogP contribution in [0.15, 0.2) is 60.8 Å². The number of aromatic nitrogens is 3. The van der Waals surface area contributed by atoms with Gasteiger partial charge in [-0.25, -0.2) is 9.78 Å². The number of rotatable bonds is 4. The van der Waals surface area contributed by atoms with E-state index in [2.05, 4.69) is 34.7 Å². The molecule has 8 heteroatoms. The lowest BCUT2D eigenvalue weighted by Gasteiger charge is -2.35. The number of hydrogen-bond acceptors (Lipinski definition) is 5. The van der Waals surface area contributed by atoms with Crippen molar-refractivity contribution in [3.63, 3.8) is 0 Å². The van der Waals surface area contributed by atoms with E-state index in [0.29, 0.717) is 38.6 Å². The topological polar surface area (TPSA) is 97.5 Å².